The fourth-order valence-electron chi connectivity index (χ4n) is 3.37. The van der Waals surface area contributed by atoms with Gasteiger partial charge in [0, 0.05) is 36.8 Å². The van der Waals surface area contributed by atoms with E-state index < -0.39 is 0 Å². The molecule has 4 heteroatoms. The molecule has 0 N–H and O–H groups in total. The van der Waals surface area contributed by atoms with E-state index in [1.165, 1.54) is 22.4 Å². The van der Waals surface area contributed by atoms with Crippen molar-refractivity contribution < 1.29 is 4.79 Å². The number of piperazine rings is 1. The Hall–Kier alpha value is -1.94. The average Bonchev–Trinajstić information content (AvgIpc) is 2.65. The molecule has 0 bridgehead atoms. The molecule has 3 nitrogen and oxygen atoms in total. The summed E-state index contributed by atoms with van der Waals surface area (Å²) in [5.41, 5.74) is 5.22. The van der Waals surface area contributed by atoms with Crippen molar-refractivity contribution >= 4 is 23.4 Å². The summed E-state index contributed by atoms with van der Waals surface area (Å²) >= 11 is 1.65. The molecule has 0 aromatic heterocycles. The highest BCUT2D eigenvalue weighted by molar-refractivity contribution is 8.00. The van der Waals surface area contributed by atoms with Gasteiger partial charge in [-0.05, 0) is 57.0 Å². The van der Waals surface area contributed by atoms with Crippen LogP contribution in [0.2, 0.25) is 0 Å². The predicted octanol–water partition coefficient (Wildman–Crippen LogP) is 4.44. The monoisotopic (exact) mass is 368 g/mol. The van der Waals surface area contributed by atoms with Crippen molar-refractivity contribution in [3.8, 4) is 0 Å². The van der Waals surface area contributed by atoms with Gasteiger partial charge in [-0.1, -0.05) is 29.8 Å². The fraction of sp³-hybridized carbons (Fsp3) is 0.409. The summed E-state index contributed by atoms with van der Waals surface area (Å²) in [6.07, 6.45) is 0. The average molecular weight is 369 g/mol. The van der Waals surface area contributed by atoms with Gasteiger partial charge in [-0.2, -0.15) is 0 Å². The lowest BCUT2D eigenvalue weighted by Gasteiger charge is -2.38. The molecule has 1 fully saturated rings. The second kappa shape index (κ2) is 8.17. The van der Waals surface area contributed by atoms with Crippen LogP contribution >= 0.6 is 11.8 Å². The lowest BCUT2D eigenvalue weighted by atomic mass is 10.1. The Balaban J connectivity index is 1.57. The smallest absolute Gasteiger partial charge is 0.235 e. The van der Waals surface area contributed by atoms with Crippen LogP contribution in [0, 0.1) is 20.8 Å². The summed E-state index contributed by atoms with van der Waals surface area (Å²) < 4.78 is 0. The van der Waals surface area contributed by atoms with Gasteiger partial charge in [0.15, 0.2) is 0 Å². The van der Waals surface area contributed by atoms with E-state index in [2.05, 4.69) is 68.1 Å². The molecule has 0 spiro atoms. The van der Waals surface area contributed by atoms with E-state index in [-0.39, 0.29) is 11.2 Å². The van der Waals surface area contributed by atoms with Crippen LogP contribution in [0.4, 0.5) is 5.69 Å². The molecule has 1 amide bonds. The summed E-state index contributed by atoms with van der Waals surface area (Å²) in [6.45, 7) is 11.8. The molecular formula is C22H28N2OS. The third-order valence-corrected chi connectivity index (χ3v) is 6.29. The number of carbonyl (C=O) groups is 1. The molecule has 1 aliphatic heterocycles. The number of hydrogen-bond acceptors (Lipinski definition) is 3. The largest absolute Gasteiger partial charge is 0.368 e. The molecular weight excluding hydrogens is 340 g/mol. The Morgan fingerprint density at radius 1 is 0.962 bits per heavy atom. The number of benzene rings is 2. The van der Waals surface area contributed by atoms with E-state index in [1.54, 1.807) is 11.8 Å². The molecule has 1 saturated heterocycles. The molecule has 2 aromatic rings. The zero-order valence-electron chi connectivity index (χ0n) is 16.2. The molecule has 26 heavy (non-hydrogen) atoms. The summed E-state index contributed by atoms with van der Waals surface area (Å²) in [4.78, 5) is 18.4. The van der Waals surface area contributed by atoms with Gasteiger partial charge in [-0.15, -0.1) is 11.8 Å². The number of rotatable bonds is 4. The van der Waals surface area contributed by atoms with Gasteiger partial charge in [0.25, 0.3) is 0 Å². The molecule has 1 aliphatic rings. The third-order valence-electron chi connectivity index (χ3n) is 5.19. The van der Waals surface area contributed by atoms with Crippen LogP contribution in [0.25, 0.3) is 0 Å². The van der Waals surface area contributed by atoms with Crippen LogP contribution in [0.3, 0.4) is 0 Å². The maximum atomic E-state index is 12.8. The van der Waals surface area contributed by atoms with Gasteiger partial charge in [0.05, 0.1) is 5.25 Å². The summed E-state index contributed by atoms with van der Waals surface area (Å²) in [7, 11) is 0. The van der Waals surface area contributed by atoms with Crippen LogP contribution in [0.1, 0.15) is 23.6 Å². The molecule has 1 unspecified atom stereocenters. The second-order valence-electron chi connectivity index (χ2n) is 7.10. The molecule has 0 aliphatic carbocycles. The molecule has 1 heterocycles. The first-order valence-electron chi connectivity index (χ1n) is 9.29. The highest BCUT2D eigenvalue weighted by Crippen LogP contribution is 2.27. The van der Waals surface area contributed by atoms with E-state index in [0.717, 1.165) is 31.1 Å². The topological polar surface area (TPSA) is 23.6 Å². The van der Waals surface area contributed by atoms with Crippen molar-refractivity contribution in [1.82, 2.24) is 4.90 Å². The quantitative estimate of drug-likeness (QED) is 0.746. The first-order valence-corrected chi connectivity index (χ1v) is 10.2. The third kappa shape index (κ3) is 4.24. The number of amides is 1. The summed E-state index contributed by atoms with van der Waals surface area (Å²) in [5, 5.41) is -0.0510. The SMILES string of the molecule is Cc1ccc(SC(C)C(=O)N2CCN(c3cccc(C)c3C)CC2)cc1. The highest BCUT2D eigenvalue weighted by atomic mass is 32.2. The van der Waals surface area contributed by atoms with Crippen molar-refractivity contribution in [2.75, 3.05) is 31.1 Å². The van der Waals surface area contributed by atoms with Crippen molar-refractivity contribution in [3.05, 3.63) is 59.2 Å². The zero-order valence-corrected chi connectivity index (χ0v) is 17.0. The maximum absolute atomic E-state index is 12.8. The van der Waals surface area contributed by atoms with Gasteiger partial charge in [0.1, 0.15) is 0 Å². The van der Waals surface area contributed by atoms with Crippen molar-refractivity contribution in [2.45, 2.75) is 37.8 Å². The Morgan fingerprint density at radius 3 is 2.27 bits per heavy atom. The number of carbonyl (C=O) groups excluding carboxylic acids is 1. The minimum Gasteiger partial charge on any atom is -0.368 e. The first kappa shape index (κ1) is 18.8. The van der Waals surface area contributed by atoms with Crippen LogP contribution in [0.15, 0.2) is 47.4 Å². The number of aryl methyl sites for hydroxylation is 2. The predicted molar refractivity (Wildman–Crippen MR) is 111 cm³/mol. The maximum Gasteiger partial charge on any atom is 0.235 e. The Kier molecular flexibility index (Phi) is 5.92. The normalized spacial score (nSPS) is 15.8. The number of anilines is 1. The van der Waals surface area contributed by atoms with Crippen LogP contribution in [-0.4, -0.2) is 42.2 Å². The van der Waals surface area contributed by atoms with E-state index in [0.29, 0.717) is 0 Å². The molecule has 0 radical (unpaired) electrons. The van der Waals surface area contributed by atoms with Crippen LogP contribution < -0.4 is 4.90 Å². The fourth-order valence-corrected chi connectivity index (χ4v) is 4.33. The van der Waals surface area contributed by atoms with Gasteiger partial charge >= 0.3 is 0 Å². The number of hydrogen-bond donors (Lipinski definition) is 0. The molecule has 0 saturated carbocycles. The molecule has 1 atom stereocenters. The lowest BCUT2D eigenvalue weighted by Crippen LogP contribution is -2.50. The van der Waals surface area contributed by atoms with E-state index in [9.17, 15) is 4.79 Å². The molecule has 2 aromatic carbocycles. The standard InChI is InChI=1S/C22H28N2OS/c1-16-8-10-20(11-9-16)26-19(4)22(25)24-14-12-23(13-15-24)21-7-5-6-17(2)18(21)3/h5-11,19H,12-15H2,1-4H3. The Bertz CT molecular complexity index is 764. The summed E-state index contributed by atoms with van der Waals surface area (Å²) in [5.74, 6) is 0.246. The van der Waals surface area contributed by atoms with Gasteiger partial charge in [-0.25, -0.2) is 0 Å². The van der Waals surface area contributed by atoms with Crippen LogP contribution in [0.5, 0.6) is 0 Å². The van der Waals surface area contributed by atoms with E-state index in [1.807, 2.05) is 11.8 Å². The Labute approximate surface area is 161 Å². The van der Waals surface area contributed by atoms with Crippen molar-refractivity contribution in [3.63, 3.8) is 0 Å². The summed E-state index contributed by atoms with van der Waals surface area (Å²) in [6, 6.07) is 14.9. The van der Waals surface area contributed by atoms with Gasteiger partial charge in [0.2, 0.25) is 5.91 Å². The lowest BCUT2D eigenvalue weighted by molar-refractivity contribution is -0.130. The highest BCUT2D eigenvalue weighted by Gasteiger charge is 2.26. The minimum absolute atomic E-state index is 0.0510. The number of thioether (sulfide) groups is 1. The van der Waals surface area contributed by atoms with E-state index >= 15 is 0 Å². The van der Waals surface area contributed by atoms with Gasteiger partial charge < -0.3 is 9.80 Å². The Morgan fingerprint density at radius 2 is 1.62 bits per heavy atom. The van der Waals surface area contributed by atoms with Crippen LogP contribution in [-0.2, 0) is 4.79 Å². The molecule has 3 rings (SSSR count). The second-order valence-corrected chi connectivity index (χ2v) is 8.52. The number of nitrogens with zero attached hydrogens (tertiary/aromatic N) is 2. The van der Waals surface area contributed by atoms with E-state index in [4.69, 9.17) is 0 Å². The van der Waals surface area contributed by atoms with Crippen molar-refractivity contribution in [1.29, 1.82) is 0 Å². The first-order chi connectivity index (χ1) is 12.5. The zero-order chi connectivity index (χ0) is 18.7. The molecule has 138 valence electrons. The van der Waals surface area contributed by atoms with Crippen molar-refractivity contribution in [2.24, 2.45) is 0 Å². The van der Waals surface area contributed by atoms with Gasteiger partial charge in [-0.3, -0.25) is 4.79 Å². The minimum atomic E-state index is -0.0510.